The van der Waals surface area contributed by atoms with Crippen molar-refractivity contribution < 1.29 is 4.74 Å². The molecule has 2 aromatic heterocycles. The minimum atomic E-state index is 0.884. The molecule has 0 aliphatic rings. The number of hydrogen-bond acceptors (Lipinski definition) is 4. The van der Waals surface area contributed by atoms with Gasteiger partial charge in [-0.05, 0) is 35.9 Å². The Labute approximate surface area is 122 Å². The molecule has 0 unspecified atom stereocenters. The van der Waals surface area contributed by atoms with E-state index in [1.807, 2.05) is 36.5 Å². The monoisotopic (exact) mass is 282 g/mol. The smallest absolute Gasteiger partial charge is 0.118 e. The summed E-state index contributed by atoms with van der Waals surface area (Å²) in [5.74, 6) is 1.79. The summed E-state index contributed by atoms with van der Waals surface area (Å²) in [4.78, 5) is 9.90. The predicted molar refractivity (Wildman–Crippen MR) is 82.1 cm³/mol. The van der Waals surface area contributed by atoms with Gasteiger partial charge in [0.25, 0.3) is 0 Å². The average molecular weight is 282 g/mol. The van der Waals surface area contributed by atoms with Gasteiger partial charge in [0, 0.05) is 23.0 Å². The number of aromatic nitrogens is 2. The van der Waals surface area contributed by atoms with Crippen LogP contribution in [0.15, 0.2) is 59.8 Å². The number of thioether (sulfide) groups is 1. The maximum atomic E-state index is 5.16. The third-order valence-corrected chi connectivity index (χ3v) is 4.13. The van der Waals surface area contributed by atoms with Gasteiger partial charge in [-0.3, -0.25) is 9.97 Å². The first-order valence-corrected chi connectivity index (χ1v) is 7.31. The second kappa shape index (κ2) is 5.92. The van der Waals surface area contributed by atoms with E-state index in [-0.39, 0.29) is 0 Å². The summed E-state index contributed by atoms with van der Waals surface area (Å²) < 4.78 is 5.16. The highest BCUT2D eigenvalue weighted by atomic mass is 32.2. The molecule has 20 heavy (non-hydrogen) atoms. The molecule has 0 saturated carbocycles. The zero-order chi connectivity index (χ0) is 13.8. The van der Waals surface area contributed by atoms with Crippen LogP contribution in [0.4, 0.5) is 0 Å². The minimum absolute atomic E-state index is 0.884. The van der Waals surface area contributed by atoms with Crippen molar-refractivity contribution >= 4 is 22.8 Å². The number of benzene rings is 1. The third kappa shape index (κ3) is 2.75. The van der Waals surface area contributed by atoms with E-state index in [9.17, 15) is 0 Å². The third-order valence-electron chi connectivity index (χ3n) is 3.01. The van der Waals surface area contributed by atoms with Crippen LogP contribution in [0, 0.1) is 0 Å². The van der Waals surface area contributed by atoms with E-state index in [0.29, 0.717) is 0 Å². The molecule has 0 bridgehead atoms. The summed E-state index contributed by atoms with van der Waals surface area (Å²) >= 11 is 1.77. The van der Waals surface area contributed by atoms with Crippen LogP contribution in [-0.4, -0.2) is 17.1 Å². The molecule has 0 radical (unpaired) electrons. The van der Waals surface area contributed by atoms with Crippen LogP contribution < -0.4 is 4.74 Å². The highest BCUT2D eigenvalue weighted by molar-refractivity contribution is 7.98. The van der Waals surface area contributed by atoms with E-state index in [0.717, 1.165) is 27.4 Å². The van der Waals surface area contributed by atoms with Gasteiger partial charge in [0.15, 0.2) is 0 Å². The molecular weight excluding hydrogens is 268 g/mol. The van der Waals surface area contributed by atoms with Gasteiger partial charge in [0.1, 0.15) is 11.3 Å². The molecule has 1 aromatic carbocycles. The van der Waals surface area contributed by atoms with Crippen molar-refractivity contribution in [3.63, 3.8) is 0 Å². The number of rotatable bonds is 4. The summed E-state index contributed by atoms with van der Waals surface area (Å²) in [6, 6.07) is 14.1. The largest absolute Gasteiger partial charge is 0.497 e. The Hall–Kier alpha value is -2.07. The van der Waals surface area contributed by atoms with E-state index in [4.69, 9.17) is 4.74 Å². The second-order valence-electron chi connectivity index (χ2n) is 4.32. The first kappa shape index (κ1) is 12.9. The quantitative estimate of drug-likeness (QED) is 0.679. The molecule has 0 aliphatic heterocycles. The van der Waals surface area contributed by atoms with Gasteiger partial charge in [-0.15, -0.1) is 11.8 Å². The van der Waals surface area contributed by atoms with Crippen molar-refractivity contribution in [2.45, 2.75) is 10.6 Å². The second-order valence-corrected chi connectivity index (χ2v) is 5.33. The van der Waals surface area contributed by atoms with Crippen LogP contribution in [0.25, 0.3) is 11.0 Å². The molecule has 0 amide bonds. The van der Waals surface area contributed by atoms with E-state index >= 15 is 0 Å². The summed E-state index contributed by atoms with van der Waals surface area (Å²) in [6.45, 7) is 0. The standard InChI is InChI=1S/C16H14N2OS/c1-19-13-6-4-12(5-7-13)11-20-15-8-10-17-14-3-2-9-18-16(14)15/h2-10H,11H2,1H3. The van der Waals surface area contributed by atoms with Gasteiger partial charge < -0.3 is 4.74 Å². The Kier molecular flexibility index (Phi) is 3.83. The van der Waals surface area contributed by atoms with E-state index in [1.54, 1.807) is 25.1 Å². The van der Waals surface area contributed by atoms with E-state index in [1.165, 1.54) is 5.56 Å². The van der Waals surface area contributed by atoms with Crippen molar-refractivity contribution in [3.8, 4) is 5.75 Å². The molecule has 0 aliphatic carbocycles. The van der Waals surface area contributed by atoms with Crippen LogP contribution in [0.2, 0.25) is 0 Å². The number of ether oxygens (including phenoxy) is 1. The lowest BCUT2D eigenvalue weighted by atomic mass is 10.2. The number of nitrogens with zero attached hydrogens (tertiary/aromatic N) is 2. The zero-order valence-corrected chi connectivity index (χ0v) is 11.9. The molecule has 0 N–H and O–H groups in total. The molecule has 3 nitrogen and oxygen atoms in total. The van der Waals surface area contributed by atoms with Gasteiger partial charge in [-0.25, -0.2) is 0 Å². The van der Waals surface area contributed by atoms with Crippen molar-refractivity contribution in [3.05, 3.63) is 60.4 Å². The molecule has 3 rings (SSSR count). The first-order chi connectivity index (χ1) is 9.86. The predicted octanol–water partition coefficient (Wildman–Crippen LogP) is 3.93. The van der Waals surface area contributed by atoms with Crippen LogP contribution in [-0.2, 0) is 5.75 Å². The maximum Gasteiger partial charge on any atom is 0.118 e. The van der Waals surface area contributed by atoms with Crippen molar-refractivity contribution in [1.82, 2.24) is 9.97 Å². The molecular formula is C16H14N2OS. The van der Waals surface area contributed by atoms with Crippen molar-refractivity contribution in [2.24, 2.45) is 0 Å². The molecule has 0 atom stereocenters. The summed E-state index contributed by atoms with van der Waals surface area (Å²) in [5.41, 5.74) is 3.16. The van der Waals surface area contributed by atoms with E-state index < -0.39 is 0 Å². The minimum Gasteiger partial charge on any atom is -0.497 e. The molecule has 0 spiro atoms. The van der Waals surface area contributed by atoms with Gasteiger partial charge in [0.05, 0.1) is 12.6 Å². The Balaban J connectivity index is 1.79. The molecule has 3 aromatic rings. The Morgan fingerprint density at radius 2 is 1.85 bits per heavy atom. The first-order valence-electron chi connectivity index (χ1n) is 6.32. The SMILES string of the molecule is COc1ccc(CSc2ccnc3cccnc23)cc1. The molecule has 2 heterocycles. The highest BCUT2D eigenvalue weighted by Gasteiger charge is 2.04. The fraction of sp³-hybridized carbons (Fsp3) is 0.125. The molecule has 0 saturated heterocycles. The lowest BCUT2D eigenvalue weighted by Gasteiger charge is -2.06. The zero-order valence-electron chi connectivity index (χ0n) is 11.1. The fourth-order valence-electron chi connectivity index (χ4n) is 1.95. The number of hydrogen-bond donors (Lipinski definition) is 0. The Bertz CT molecular complexity index is 708. The number of methoxy groups -OCH3 is 1. The van der Waals surface area contributed by atoms with Crippen LogP contribution in [0.3, 0.4) is 0 Å². The molecule has 100 valence electrons. The lowest BCUT2D eigenvalue weighted by molar-refractivity contribution is 0.414. The summed E-state index contributed by atoms with van der Waals surface area (Å²) in [5, 5.41) is 0. The lowest BCUT2D eigenvalue weighted by Crippen LogP contribution is -1.87. The Morgan fingerprint density at radius 1 is 1.00 bits per heavy atom. The Morgan fingerprint density at radius 3 is 2.65 bits per heavy atom. The number of fused-ring (bicyclic) bond motifs is 1. The highest BCUT2D eigenvalue weighted by Crippen LogP contribution is 2.28. The summed E-state index contributed by atoms with van der Waals surface area (Å²) in [6.07, 6.45) is 3.64. The van der Waals surface area contributed by atoms with Crippen molar-refractivity contribution in [2.75, 3.05) is 7.11 Å². The number of pyridine rings is 2. The van der Waals surface area contributed by atoms with Crippen LogP contribution in [0.5, 0.6) is 5.75 Å². The van der Waals surface area contributed by atoms with Gasteiger partial charge >= 0.3 is 0 Å². The van der Waals surface area contributed by atoms with Crippen molar-refractivity contribution in [1.29, 1.82) is 0 Å². The topological polar surface area (TPSA) is 35.0 Å². The van der Waals surface area contributed by atoms with Crippen LogP contribution in [0.1, 0.15) is 5.56 Å². The summed E-state index contributed by atoms with van der Waals surface area (Å²) in [7, 11) is 1.68. The average Bonchev–Trinajstić information content (AvgIpc) is 2.53. The fourth-order valence-corrected chi connectivity index (χ4v) is 2.92. The maximum absolute atomic E-state index is 5.16. The molecule has 0 fully saturated rings. The molecule has 4 heteroatoms. The van der Waals surface area contributed by atoms with E-state index in [2.05, 4.69) is 22.1 Å². The normalized spacial score (nSPS) is 10.7. The van der Waals surface area contributed by atoms with Gasteiger partial charge in [-0.1, -0.05) is 12.1 Å². The van der Waals surface area contributed by atoms with Crippen LogP contribution >= 0.6 is 11.8 Å². The van der Waals surface area contributed by atoms with Gasteiger partial charge in [0.2, 0.25) is 0 Å². The van der Waals surface area contributed by atoms with Gasteiger partial charge in [-0.2, -0.15) is 0 Å².